The second-order valence-electron chi connectivity index (χ2n) is 4.50. The van der Waals surface area contributed by atoms with E-state index in [0.717, 1.165) is 11.3 Å². The van der Waals surface area contributed by atoms with Crippen LogP contribution in [0.25, 0.3) is 11.0 Å². The zero-order chi connectivity index (χ0) is 14.8. The molecule has 2 N–H and O–H groups in total. The van der Waals surface area contributed by atoms with Crippen molar-refractivity contribution in [1.82, 2.24) is 9.97 Å². The third-order valence-corrected chi connectivity index (χ3v) is 3.36. The normalized spacial score (nSPS) is 10.7. The number of anilines is 2. The number of nitro benzene ring substituents is 1. The molecule has 0 aliphatic rings. The Balaban J connectivity index is 1.88. The molecular weight excluding hydrogens is 292 g/mol. The molecule has 0 spiro atoms. The highest BCUT2D eigenvalue weighted by Gasteiger charge is 2.09. The first-order chi connectivity index (χ1) is 10.2. The molecule has 0 saturated carbocycles. The van der Waals surface area contributed by atoms with Gasteiger partial charge in [-0.1, -0.05) is 12.1 Å². The predicted octanol–water partition coefficient (Wildman–Crippen LogP) is 3.95. The first-order valence-corrected chi connectivity index (χ1v) is 6.75. The molecule has 2 aromatic carbocycles. The zero-order valence-corrected chi connectivity index (χ0v) is 11.6. The van der Waals surface area contributed by atoms with E-state index in [9.17, 15) is 10.1 Å². The van der Waals surface area contributed by atoms with Gasteiger partial charge in [0.1, 0.15) is 0 Å². The summed E-state index contributed by atoms with van der Waals surface area (Å²) < 4.78 is 0. The summed E-state index contributed by atoms with van der Waals surface area (Å²) in [4.78, 5) is 17.7. The quantitative estimate of drug-likeness (QED) is 0.434. The molecule has 0 fully saturated rings. The number of nitrogens with zero attached hydrogens (tertiary/aromatic N) is 2. The molecular formula is C14H11ClN4O2. The molecule has 7 heteroatoms. The van der Waals surface area contributed by atoms with Crippen molar-refractivity contribution in [3.05, 3.63) is 58.1 Å². The summed E-state index contributed by atoms with van der Waals surface area (Å²) in [7, 11) is 0. The number of hydrogen-bond acceptors (Lipinski definition) is 4. The number of aromatic nitrogens is 2. The van der Waals surface area contributed by atoms with Gasteiger partial charge in [-0.25, -0.2) is 4.98 Å². The van der Waals surface area contributed by atoms with Crippen molar-refractivity contribution in [3.63, 3.8) is 0 Å². The van der Waals surface area contributed by atoms with Crippen LogP contribution in [0.15, 0.2) is 42.5 Å². The fraction of sp³-hybridized carbons (Fsp3) is 0.0714. The van der Waals surface area contributed by atoms with E-state index in [2.05, 4.69) is 15.3 Å². The van der Waals surface area contributed by atoms with Crippen molar-refractivity contribution in [2.75, 3.05) is 5.32 Å². The number of alkyl halides is 1. The van der Waals surface area contributed by atoms with Crippen molar-refractivity contribution >= 4 is 40.0 Å². The van der Waals surface area contributed by atoms with Gasteiger partial charge in [0.2, 0.25) is 5.95 Å². The monoisotopic (exact) mass is 302 g/mol. The number of aromatic amines is 1. The summed E-state index contributed by atoms with van der Waals surface area (Å²) >= 11 is 5.74. The zero-order valence-electron chi connectivity index (χ0n) is 10.8. The molecule has 3 aromatic rings. The largest absolute Gasteiger partial charge is 0.326 e. The molecule has 0 saturated heterocycles. The number of hydrogen-bond donors (Lipinski definition) is 2. The number of imidazole rings is 1. The molecule has 21 heavy (non-hydrogen) atoms. The van der Waals surface area contributed by atoms with Gasteiger partial charge in [0, 0.05) is 23.7 Å². The highest BCUT2D eigenvalue weighted by Crippen LogP contribution is 2.22. The van der Waals surface area contributed by atoms with Gasteiger partial charge in [0.25, 0.3) is 5.69 Å². The topological polar surface area (TPSA) is 83.8 Å². The highest BCUT2D eigenvalue weighted by molar-refractivity contribution is 6.17. The van der Waals surface area contributed by atoms with Crippen LogP contribution in [0, 0.1) is 10.1 Å². The number of halogens is 1. The predicted molar refractivity (Wildman–Crippen MR) is 82.0 cm³/mol. The Hall–Kier alpha value is -2.60. The maximum absolute atomic E-state index is 10.7. The molecule has 0 radical (unpaired) electrons. The smallest absolute Gasteiger partial charge is 0.271 e. The van der Waals surface area contributed by atoms with E-state index in [0.29, 0.717) is 22.9 Å². The van der Waals surface area contributed by atoms with E-state index in [1.165, 1.54) is 12.1 Å². The van der Waals surface area contributed by atoms with Crippen LogP contribution < -0.4 is 5.32 Å². The Morgan fingerprint density at radius 2 is 2.00 bits per heavy atom. The first-order valence-electron chi connectivity index (χ1n) is 6.22. The molecule has 0 atom stereocenters. The average molecular weight is 303 g/mol. The fourth-order valence-corrected chi connectivity index (χ4v) is 2.16. The van der Waals surface area contributed by atoms with E-state index in [-0.39, 0.29) is 5.69 Å². The van der Waals surface area contributed by atoms with Gasteiger partial charge in [-0.3, -0.25) is 10.1 Å². The molecule has 1 aromatic heterocycles. The van der Waals surface area contributed by atoms with Gasteiger partial charge in [-0.2, -0.15) is 0 Å². The van der Waals surface area contributed by atoms with Gasteiger partial charge in [0.05, 0.1) is 16.0 Å². The van der Waals surface area contributed by atoms with E-state index >= 15 is 0 Å². The molecule has 0 aliphatic carbocycles. The number of non-ortho nitro benzene ring substituents is 1. The number of nitrogens with one attached hydrogen (secondary N) is 2. The second-order valence-corrected chi connectivity index (χ2v) is 4.77. The highest BCUT2D eigenvalue weighted by atomic mass is 35.5. The second kappa shape index (κ2) is 5.41. The molecule has 106 valence electrons. The van der Waals surface area contributed by atoms with Gasteiger partial charge < -0.3 is 10.3 Å². The van der Waals surface area contributed by atoms with Crippen LogP contribution in [0.5, 0.6) is 0 Å². The lowest BCUT2D eigenvalue weighted by atomic mass is 10.2. The first kappa shape index (κ1) is 13.4. The Morgan fingerprint density at radius 1 is 1.24 bits per heavy atom. The third-order valence-electron chi connectivity index (χ3n) is 3.05. The molecule has 3 rings (SSSR count). The van der Waals surface area contributed by atoms with Crippen LogP contribution in [0.4, 0.5) is 17.3 Å². The van der Waals surface area contributed by atoms with Crippen LogP contribution >= 0.6 is 11.6 Å². The van der Waals surface area contributed by atoms with Crippen LogP contribution in [-0.2, 0) is 5.88 Å². The number of H-pyrrole nitrogens is 1. The fourth-order valence-electron chi connectivity index (χ4n) is 1.98. The summed E-state index contributed by atoms with van der Waals surface area (Å²) in [5.74, 6) is 0.998. The maximum atomic E-state index is 10.7. The van der Waals surface area contributed by atoms with Crippen molar-refractivity contribution in [3.8, 4) is 0 Å². The average Bonchev–Trinajstić information content (AvgIpc) is 2.89. The minimum atomic E-state index is -0.432. The lowest BCUT2D eigenvalue weighted by Gasteiger charge is -2.03. The Bertz CT molecular complexity index is 798. The van der Waals surface area contributed by atoms with Crippen molar-refractivity contribution in [2.45, 2.75) is 5.88 Å². The van der Waals surface area contributed by atoms with Crippen molar-refractivity contribution < 1.29 is 4.92 Å². The van der Waals surface area contributed by atoms with Gasteiger partial charge in [-0.15, -0.1) is 11.6 Å². The van der Waals surface area contributed by atoms with Crippen LogP contribution in [0.2, 0.25) is 0 Å². The summed E-state index contributed by atoms with van der Waals surface area (Å²) in [6.45, 7) is 0. The number of fused-ring (bicyclic) bond motifs is 1. The van der Waals surface area contributed by atoms with Crippen molar-refractivity contribution in [2.24, 2.45) is 0 Å². The summed E-state index contributed by atoms with van der Waals surface area (Å²) in [6.07, 6.45) is 0. The molecule has 0 unspecified atom stereocenters. The summed E-state index contributed by atoms with van der Waals surface area (Å²) in [5.41, 5.74) is 3.20. The molecule has 0 amide bonds. The number of rotatable bonds is 4. The van der Waals surface area contributed by atoms with E-state index in [4.69, 9.17) is 11.6 Å². The minimum absolute atomic E-state index is 0.0316. The minimum Gasteiger partial charge on any atom is -0.326 e. The van der Waals surface area contributed by atoms with Gasteiger partial charge >= 0.3 is 0 Å². The lowest BCUT2D eigenvalue weighted by molar-refractivity contribution is -0.384. The van der Waals surface area contributed by atoms with Crippen LogP contribution in [-0.4, -0.2) is 14.9 Å². The molecule has 1 heterocycles. The lowest BCUT2D eigenvalue weighted by Crippen LogP contribution is -1.92. The van der Waals surface area contributed by atoms with Crippen molar-refractivity contribution in [1.29, 1.82) is 0 Å². The summed E-state index contributed by atoms with van der Waals surface area (Å²) in [5, 5.41) is 13.9. The van der Waals surface area contributed by atoms with E-state index in [1.807, 2.05) is 24.3 Å². The maximum Gasteiger partial charge on any atom is 0.271 e. The van der Waals surface area contributed by atoms with Gasteiger partial charge in [0.15, 0.2) is 0 Å². The molecule has 0 bridgehead atoms. The van der Waals surface area contributed by atoms with E-state index < -0.39 is 4.92 Å². The van der Waals surface area contributed by atoms with Crippen LogP contribution in [0.1, 0.15) is 5.56 Å². The third kappa shape index (κ3) is 2.80. The standard InChI is InChI=1S/C14H11ClN4O2/c15-8-9-1-3-10(4-2-9)16-14-17-12-6-5-11(19(20)21)7-13(12)18-14/h1-7H,8H2,(H2,16,17,18). The molecule has 0 aliphatic heterocycles. The summed E-state index contributed by atoms with van der Waals surface area (Å²) in [6, 6.07) is 12.1. The van der Waals surface area contributed by atoms with E-state index in [1.54, 1.807) is 6.07 Å². The number of nitro groups is 1. The number of benzene rings is 2. The molecule has 6 nitrogen and oxygen atoms in total. The van der Waals surface area contributed by atoms with Crippen LogP contribution in [0.3, 0.4) is 0 Å². The SMILES string of the molecule is O=[N+]([O-])c1ccc2nc(Nc3ccc(CCl)cc3)[nH]c2c1. The van der Waals surface area contributed by atoms with Gasteiger partial charge in [-0.05, 0) is 23.8 Å². The Labute approximate surface area is 124 Å². The Morgan fingerprint density at radius 3 is 2.67 bits per heavy atom. The Kier molecular flexibility index (Phi) is 3.45.